The second kappa shape index (κ2) is 4.91. The van der Waals surface area contributed by atoms with E-state index in [4.69, 9.17) is 0 Å². The quantitative estimate of drug-likeness (QED) is 0.624. The van der Waals surface area contributed by atoms with Crippen LogP contribution in [0.2, 0.25) is 0 Å². The molecule has 0 atom stereocenters. The molecule has 0 heterocycles. The molecule has 0 saturated heterocycles. The van der Waals surface area contributed by atoms with Crippen LogP contribution in [0.3, 0.4) is 0 Å². The summed E-state index contributed by atoms with van der Waals surface area (Å²) in [5, 5.41) is 0.875. The molecular weight excluding hydrogens is 243 g/mol. The van der Waals surface area contributed by atoms with Crippen molar-refractivity contribution in [3.05, 3.63) is 54.1 Å². The summed E-state index contributed by atoms with van der Waals surface area (Å²) >= 11 is 0. The monoisotopic (exact) mass is 258 g/mol. The minimum Gasteiger partial charge on any atom is -0.319 e. The minimum atomic E-state index is -2.24. The summed E-state index contributed by atoms with van der Waals surface area (Å²) in [4.78, 5) is 10.6. The van der Waals surface area contributed by atoms with E-state index in [-0.39, 0.29) is 0 Å². The van der Waals surface area contributed by atoms with Gasteiger partial charge in [-0.1, -0.05) is 42.5 Å². The molecule has 0 aliphatic heterocycles. The van der Waals surface area contributed by atoms with Crippen LogP contribution in [0.1, 0.15) is 10.4 Å². The van der Waals surface area contributed by atoms with E-state index in [2.05, 4.69) is 0 Å². The lowest BCUT2D eigenvalue weighted by Crippen LogP contribution is -2.02. The van der Waals surface area contributed by atoms with Crippen molar-refractivity contribution in [2.75, 3.05) is 13.3 Å². The van der Waals surface area contributed by atoms with Crippen LogP contribution in [0.25, 0.3) is 11.1 Å². The molecule has 0 radical (unpaired) electrons. The third-order valence-corrected chi connectivity index (χ3v) is 4.37. The predicted molar refractivity (Wildman–Crippen MR) is 76.4 cm³/mol. The van der Waals surface area contributed by atoms with Crippen LogP contribution < -0.4 is 5.30 Å². The van der Waals surface area contributed by atoms with Gasteiger partial charge < -0.3 is 4.57 Å². The Morgan fingerprint density at radius 2 is 1.61 bits per heavy atom. The van der Waals surface area contributed by atoms with E-state index in [1.54, 1.807) is 25.5 Å². The number of carbonyl (C=O) groups excluding carboxylic acids is 1. The lowest BCUT2D eigenvalue weighted by molar-refractivity contribution is 0.112. The fraction of sp³-hybridized carbons (Fsp3) is 0.133. The van der Waals surface area contributed by atoms with E-state index in [0.717, 1.165) is 22.7 Å². The van der Waals surface area contributed by atoms with Crippen molar-refractivity contribution in [1.29, 1.82) is 0 Å². The molecule has 0 bridgehead atoms. The molecule has 0 saturated carbocycles. The van der Waals surface area contributed by atoms with E-state index < -0.39 is 7.14 Å². The van der Waals surface area contributed by atoms with E-state index in [1.165, 1.54) is 0 Å². The van der Waals surface area contributed by atoms with Crippen molar-refractivity contribution in [3.8, 4) is 11.1 Å². The van der Waals surface area contributed by atoms with E-state index in [1.807, 2.05) is 36.4 Å². The summed E-state index contributed by atoms with van der Waals surface area (Å²) < 4.78 is 12.1. The molecule has 2 aromatic carbocycles. The SMILES string of the molecule is CP(C)(=O)c1cccc(-c2ccc(C=O)cc2)c1. The van der Waals surface area contributed by atoms with Crippen LogP contribution >= 0.6 is 7.14 Å². The topological polar surface area (TPSA) is 34.1 Å². The van der Waals surface area contributed by atoms with Crippen molar-refractivity contribution in [3.63, 3.8) is 0 Å². The maximum absolute atomic E-state index is 12.1. The fourth-order valence-corrected chi connectivity index (χ4v) is 2.67. The summed E-state index contributed by atoms with van der Waals surface area (Å²) in [5.74, 6) is 0. The lowest BCUT2D eigenvalue weighted by atomic mass is 10.0. The molecular formula is C15H15O2P. The molecule has 0 fully saturated rings. The Morgan fingerprint density at radius 1 is 0.944 bits per heavy atom. The van der Waals surface area contributed by atoms with Gasteiger partial charge in [0.05, 0.1) is 0 Å². The number of carbonyl (C=O) groups is 1. The Balaban J connectivity index is 2.44. The van der Waals surface area contributed by atoms with Gasteiger partial charge in [0.2, 0.25) is 0 Å². The second-order valence-electron chi connectivity index (χ2n) is 4.64. The van der Waals surface area contributed by atoms with Gasteiger partial charge in [-0.25, -0.2) is 0 Å². The first-order valence-corrected chi connectivity index (χ1v) is 8.32. The summed E-state index contributed by atoms with van der Waals surface area (Å²) in [7, 11) is -2.24. The number of benzene rings is 2. The average molecular weight is 258 g/mol. The Kier molecular flexibility index (Phi) is 3.49. The Morgan fingerprint density at radius 3 is 2.17 bits per heavy atom. The van der Waals surface area contributed by atoms with Gasteiger partial charge in [-0.2, -0.15) is 0 Å². The zero-order chi connectivity index (χ0) is 13.2. The van der Waals surface area contributed by atoms with Gasteiger partial charge in [-0.15, -0.1) is 0 Å². The lowest BCUT2D eigenvalue weighted by Gasteiger charge is -2.09. The first-order chi connectivity index (χ1) is 8.50. The molecule has 18 heavy (non-hydrogen) atoms. The molecule has 92 valence electrons. The van der Waals surface area contributed by atoms with Crippen molar-refractivity contribution >= 4 is 18.7 Å². The fourth-order valence-electron chi connectivity index (χ4n) is 1.77. The van der Waals surface area contributed by atoms with Gasteiger partial charge in [0.15, 0.2) is 0 Å². The smallest absolute Gasteiger partial charge is 0.150 e. The zero-order valence-corrected chi connectivity index (χ0v) is 11.4. The molecule has 0 aromatic heterocycles. The Hall–Kier alpha value is -1.66. The van der Waals surface area contributed by atoms with Crippen LogP contribution in [-0.4, -0.2) is 19.6 Å². The summed E-state index contributed by atoms with van der Waals surface area (Å²) in [6.45, 7) is 3.53. The largest absolute Gasteiger partial charge is 0.319 e. The van der Waals surface area contributed by atoms with Gasteiger partial charge in [-0.3, -0.25) is 4.79 Å². The number of aldehydes is 1. The van der Waals surface area contributed by atoms with Crippen LogP contribution in [0.15, 0.2) is 48.5 Å². The zero-order valence-electron chi connectivity index (χ0n) is 10.5. The van der Waals surface area contributed by atoms with Crippen LogP contribution in [0, 0.1) is 0 Å². The van der Waals surface area contributed by atoms with Gasteiger partial charge in [0.25, 0.3) is 0 Å². The van der Waals surface area contributed by atoms with Gasteiger partial charge in [-0.05, 0) is 30.5 Å². The minimum absolute atomic E-state index is 0.659. The highest BCUT2D eigenvalue weighted by Gasteiger charge is 2.11. The Bertz CT molecular complexity index is 609. The summed E-state index contributed by atoms with van der Waals surface area (Å²) in [6, 6.07) is 15.1. The highest BCUT2D eigenvalue weighted by atomic mass is 31.2. The molecule has 0 aliphatic carbocycles. The normalized spacial score (nSPS) is 11.2. The molecule has 0 amide bonds. The third kappa shape index (κ3) is 2.77. The van der Waals surface area contributed by atoms with Gasteiger partial charge in [0.1, 0.15) is 13.4 Å². The third-order valence-electron chi connectivity index (χ3n) is 2.85. The van der Waals surface area contributed by atoms with Crippen LogP contribution in [0.4, 0.5) is 0 Å². The predicted octanol–water partition coefficient (Wildman–Crippen LogP) is 3.41. The molecule has 0 N–H and O–H groups in total. The standard InChI is InChI=1S/C15H15O2P/c1-18(2,17)15-5-3-4-14(10-15)13-8-6-12(11-16)7-9-13/h3-11H,1-2H3. The summed E-state index contributed by atoms with van der Waals surface area (Å²) in [5.41, 5.74) is 2.70. The molecule has 0 spiro atoms. The number of hydrogen-bond donors (Lipinski definition) is 0. The molecule has 0 aliphatic rings. The van der Waals surface area contributed by atoms with Crippen LogP contribution in [-0.2, 0) is 4.57 Å². The average Bonchev–Trinajstić information content (AvgIpc) is 2.38. The first kappa shape index (κ1) is 12.8. The maximum Gasteiger partial charge on any atom is 0.150 e. The van der Waals surface area contributed by atoms with Gasteiger partial charge in [0, 0.05) is 10.9 Å². The van der Waals surface area contributed by atoms with Gasteiger partial charge >= 0.3 is 0 Å². The molecule has 2 aromatic rings. The first-order valence-electron chi connectivity index (χ1n) is 5.72. The van der Waals surface area contributed by atoms with Crippen molar-refractivity contribution in [1.82, 2.24) is 0 Å². The molecule has 2 rings (SSSR count). The highest BCUT2D eigenvalue weighted by Crippen LogP contribution is 2.35. The Labute approximate surface area is 107 Å². The number of rotatable bonds is 3. The van der Waals surface area contributed by atoms with E-state index in [0.29, 0.717) is 5.56 Å². The van der Waals surface area contributed by atoms with Crippen LogP contribution in [0.5, 0.6) is 0 Å². The van der Waals surface area contributed by atoms with Crippen molar-refractivity contribution < 1.29 is 9.36 Å². The molecule has 3 heteroatoms. The number of hydrogen-bond acceptors (Lipinski definition) is 2. The van der Waals surface area contributed by atoms with E-state index in [9.17, 15) is 9.36 Å². The van der Waals surface area contributed by atoms with Crippen molar-refractivity contribution in [2.24, 2.45) is 0 Å². The molecule has 2 nitrogen and oxygen atoms in total. The molecule has 0 unspecified atom stereocenters. The second-order valence-corrected chi connectivity index (χ2v) is 7.86. The maximum atomic E-state index is 12.1. The van der Waals surface area contributed by atoms with E-state index >= 15 is 0 Å². The highest BCUT2D eigenvalue weighted by molar-refractivity contribution is 7.70. The van der Waals surface area contributed by atoms with Crippen molar-refractivity contribution in [2.45, 2.75) is 0 Å². The summed E-state index contributed by atoms with van der Waals surface area (Å²) in [6.07, 6.45) is 0.826.